The number of nitrogens with one attached hydrogen (secondary N) is 2. The van der Waals surface area contributed by atoms with Gasteiger partial charge in [-0.1, -0.05) is 6.58 Å². The van der Waals surface area contributed by atoms with Gasteiger partial charge in [0, 0.05) is 11.6 Å². The smallest absolute Gasteiger partial charge is 0.248 e. The first-order valence-electron chi connectivity index (χ1n) is 4.17. The van der Waals surface area contributed by atoms with Crippen molar-refractivity contribution < 1.29 is 4.79 Å². The largest absolute Gasteiger partial charge is 0.326 e. The number of pyridine rings is 1. The molecule has 0 saturated heterocycles. The van der Waals surface area contributed by atoms with Crippen molar-refractivity contribution in [3.8, 4) is 0 Å². The van der Waals surface area contributed by atoms with Crippen molar-refractivity contribution in [1.82, 2.24) is 9.97 Å². The molecule has 1 amide bonds. The maximum Gasteiger partial charge on any atom is 0.248 e. The lowest BCUT2D eigenvalue weighted by Gasteiger charge is -1.94. The predicted octanol–water partition coefficient (Wildman–Crippen LogP) is 1.69. The van der Waals surface area contributed by atoms with Gasteiger partial charge in [-0.25, -0.2) is 4.98 Å². The molecule has 2 rings (SSSR count). The van der Waals surface area contributed by atoms with E-state index >= 15 is 0 Å². The number of carbonyl (C=O) groups is 1. The van der Waals surface area contributed by atoms with Crippen LogP contribution in [0.2, 0.25) is 0 Å². The Labute approximate surface area is 80.7 Å². The van der Waals surface area contributed by atoms with Gasteiger partial charge in [0.15, 0.2) is 0 Å². The van der Waals surface area contributed by atoms with Crippen molar-refractivity contribution >= 4 is 22.8 Å². The second-order valence-corrected chi connectivity index (χ2v) is 2.82. The number of anilines is 1. The molecule has 2 N–H and O–H groups in total. The highest BCUT2D eigenvalue weighted by Crippen LogP contribution is 2.15. The maximum atomic E-state index is 11.0. The van der Waals surface area contributed by atoms with Crippen LogP contribution in [0, 0.1) is 0 Å². The molecule has 0 spiro atoms. The summed E-state index contributed by atoms with van der Waals surface area (Å²) >= 11 is 0. The molecule has 70 valence electrons. The zero-order chi connectivity index (χ0) is 9.97. The van der Waals surface area contributed by atoms with E-state index in [1.807, 2.05) is 18.2 Å². The Kier molecular flexibility index (Phi) is 2.02. The first-order valence-corrected chi connectivity index (χ1v) is 4.17. The molecule has 0 aliphatic heterocycles. The van der Waals surface area contributed by atoms with Crippen LogP contribution >= 0.6 is 0 Å². The van der Waals surface area contributed by atoms with E-state index in [9.17, 15) is 4.79 Å². The van der Waals surface area contributed by atoms with E-state index in [0.717, 1.165) is 11.0 Å². The number of H-pyrrole nitrogens is 1. The van der Waals surface area contributed by atoms with Crippen molar-refractivity contribution in [3.63, 3.8) is 0 Å². The summed E-state index contributed by atoms with van der Waals surface area (Å²) in [5.74, 6) is 0.389. The van der Waals surface area contributed by atoms with Crippen molar-refractivity contribution in [3.05, 3.63) is 37.1 Å². The van der Waals surface area contributed by atoms with E-state index in [-0.39, 0.29) is 5.91 Å². The Morgan fingerprint density at radius 2 is 2.50 bits per heavy atom. The monoisotopic (exact) mass is 187 g/mol. The van der Waals surface area contributed by atoms with E-state index in [1.165, 1.54) is 6.08 Å². The van der Waals surface area contributed by atoms with E-state index in [2.05, 4.69) is 21.9 Å². The molecule has 0 radical (unpaired) electrons. The molecule has 0 atom stereocenters. The first-order chi connectivity index (χ1) is 6.79. The summed E-state index contributed by atoms with van der Waals surface area (Å²) in [4.78, 5) is 18.1. The van der Waals surface area contributed by atoms with E-state index in [0.29, 0.717) is 5.82 Å². The van der Waals surface area contributed by atoms with Gasteiger partial charge in [-0.15, -0.1) is 0 Å². The van der Waals surface area contributed by atoms with Gasteiger partial charge >= 0.3 is 0 Å². The van der Waals surface area contributed by atoms with Crippen LogP contribution in [0.15, 0.2) is 37.1 Å². The van der Waals surface area contributed by atoms with Gasteiger partial charge < -0.3 is 10.3 Å². The van der Waals surface area contributed by atoms with Crippen LogP contribution < -0.4 is 5.32 Å². The number of fused-ring (bicyclic) bond motifs is 1. The summed E-state index contributed by atoms with van der Waals surface area (Å²) in [7, 11) is 0. The van der Waals surface area contributed by atoms with Gasteiger partial charge in [-0.2, -0.15) is 0 Å². The van der Waals surface area contributed by atoms with E-state index in [4.69, 9.17) is 0 Å². The minimum absolute atomic E-state index is 0.239. The number of aromatic amines is 1. The molecule has 0 aliphatic rings. The summed E-state index contributed by atoms with van der Waals surface area (Å²) in [6, 6.07) is 5.58. The lowest BCUT2D eigenvalue weighted by atomic mass is 10.3. The maximum absolute atomic E-state index is 11.0. The molecule has 2 aromatic heterocycles. The van der Waals surface area contributed by atoms with Crippen molar-refractivity contribution in [2.24, 2.45) is 0 Å². The molecule has 4 heteroatoms. The minimum Gasteiger partial charge on any atom is -0.326 e. The number of hydrogen-bond donors (Lipinski definition) is 2. The van der Waals surface area contributed by atoms with Gasteiger partial charge in [0.1, 0.15) is 11.5 Å². The normalized spacial score (nSPS) is 10.0. The van der Waals surface area contributed by atoms with Gasteiger partial charge in [0.2, 0.25) is 5.91 Å². The van der Waals surface area contributed by atoms with Crippen molar-refractivity contribution in [2.75, 3.05) is 5.32 Å². The second kappa shape index (κ2) is 3.33. The van der Waals surface area contributed by atoms with Gasteiger partial charge in [-0.05, 0) is 24.3 Å². The SMILES string of the molecule is C=CC(=O)Nc1cc2cccnc2[nH]1. The third kappa shape index (κ3) is 1.50. The summed E-state index contributed by atoms with van der Waals surface area (Å²) in [6.45, 7) is 3.37. The molecule has 0 aliphatic carbocycles. The number of rotatable bonds is 2. The van der Waals surface area contributed by atoms with Crippen molar-refractivity contribution in [1.29, 1.82) is 0 Å². The average molecular weight is 187 g/mol. The van der Waals surface area contributed by atoms with Crippen molar-refractivity contribution in [2.45, 2.75) is 0 Å². The standard InChI is InChI=1S/C10H9N3O/c1-2-9(14)12-8-6-7-4-3-5-11-10(7)13-8/h2-6H,1H2,(H,11,13)(H,12,14). The molecule has 0 aromatic carbocycles. The predicted molar refractivity (Wildman–Crippen MR) is 54.9 cm³/mol. The number of carbonyl (C=O) groups excluding carboxylic acids is 1. The third-order valence-corrected chi connectivity index (χ3v) is 1.84. The van der Waals surface area contributed by atoms with Crippen LogP contribution in [0.5, 0.6) is 0 Å². The fourth-order valence-electron chi connectivity index (χ4n) is 1.21. The molecular formula is C10H9N3O. The van der Waals surface area contributed by atoms with Crippen LogP contribution in [-0.4, -0.2) is 15.9 Å². The zero-order valence-electron chi connectivity index (χ0n) is 7.45. The van der Waals surface area contributed by atoms with Crippen LogP contribution in [0.25, 0.3) is 11.0 Å². The Bertz CT molecular complexity index is 454. The number of amides is 1. The van der Waals surface area contributed by atoms with Crippen LogP contribution in [0.4, 0.5) is 5.82 Å². The Morgan fingerprint density at radius 3 is 3.21 bits per heavy atom. The molecule has 2 aromatic rings. The molecule has 0 bridgehead atoms. The van der Waals surface area contributed by atoms with E-state index in [1.54, 1.807) is 6.20 Å². The highest BCUT2D eigenvalue weighted by molar-refractivity contribution is 5.99. The second-order valence-electron chi connectivity index (χ2n) is 2.82. The lowest BCUT2D eigenvalue weighted by Crippen LogP contribution is -2.07. The molecule has 0 unspecified atom stereocenters. The highest BCUT2D eigenvalue weighted by atomic mass is 16.1. The Morgan fingerprint density at radius 1 is 1.64 bits per heavy atom. The minimum atomic E-state index is -0.239. The fraction of sp³-hybridized carbons (Fsp3) is 0. The topological polar surface area (TPSA) is 57.8 Å². The molecule has 0 fully saturated rings. The number of aromatic nitrogens is 2. The summed E-state index contributed by atoms with van der Waals surface area (Å²) in [5.41, 5.74) is 0.756. The summed E-state index contributed by atoms with van der Waals surface area (Å²) in [5, 5.41) is 3.59. The first kappa shape index (κ1) is 8.50. The third-order valence-electron chi connectivity index (χ3n) is 1.84. The quantitative estimate of drug-likeness (QED) is 0.703. The molecular weight excluding hydrogens is 178 g/mol. The Balaban J connectivity index is 2.35. The number of nitrogens with zero attached hydrogens (tertiary/aromatic N) is 1. The van der Waals surface area contributed by atoms with Crippen LogP contribution in [0.1, 0.15) is 0 Å². The Hall–Kier alpha value is -2.10. The van der Waals surface area contributed by atoms with Crippen LogP contribution in [-0.2, 0) is 4.79 Å². The van der Waals surface area contributed by atoms with Gasteiger partial charge in [0.25, 0.3) is 0 Å². The van der Waals surface area contributed by atoms with Gasteiger partial charge in [0.05, 0.1) is 0 Å². The lowest BCUT2D eigenvalue weighted by molar-refractivity contribution is -0.111. The van der Waals surface area contributed by atoms with E-state index < -0.39 is 0 Å². The molecule has 14 heavy (non-hydrogen) atoms. The molecule has 2 heterocycles. The average Bonchev–Trinajstić information content (AvgIpc) is 2.59. The summed E-state index contributed by atoms with van der Waals surface area (Å²) in [6.07, 6.45) is 2.91. The summed E-state index contributed by atoms with van der Waals surface area (Å²) < 4.78 is 0. The fourth-order valence-corrected chi connectivity index (χ4v) is 1.21. The van der Waals surface area contributed by atoms with Crippen LogP contribution in [0.3, 0.4) is 0 Å². The number of hydrogen-bond acceptors (Lipinski definition) is 2. The zero-order valence-corrected chi connectivity index (χ0v) is 7.45. The molecule has 4 nitrogen and oxygen atoms in total. The van der Waals surface area contributed by atoms with Gasteiger partial charge in [-0.3, -0.25) is 4.79 Å². The molecule has 0 saturated carbocycles. The highest BCUT2D eigenvalue weighted by Gasteiger charge is 2.01.